The Morgan fingerprint density at radius 2 is 1.74 bits per heavy atom. The molecular formula is C16H15ClO2. The summed E-state index contributed by atoms with van der Waals surface area (Å²) >= 11 is 6.16. The van der Waals surface area contributed by atoms with Gasteiger partial charge in [0.25, 0.3) is 0 Å². The number of halogens is 1. The Bertz CT molecular complexity index is 588. The van der Waals surface area contributed by atoms with Gasteiger partial charge in [-0.05, 0) is 37.1 Å². The zero-order valence-electron chi connectivity index (χ0n) is 10.9. The summed E-state index contributed by atoms with van der Waals surface area (Å²) in [6.07, 6.45) is 0. The van der Waals surface area contributed by atoms with Crippen LogP contribution in [0.3, 0.4) is 0 Å². The highest BCUT2D eigenvalue weighted by molar-refractivity contribution is 6.32. The van der Waals surface area contributed by atoms with E-state index in [0.29, 0.717) is 22.9 Å². The molecule has 0 aliphatic carbocycles. The van der Waals surface area contributed by atoms with E-state index in [0.717, 1.165) is 11.1 Å². The Kier molecular flexibility index (Phi) is 4.23. The minimum atomic E-state index is 0.0660. The topological polar surface area (TPSA) is 26.3 Å². The monoisotopic (exact) mass is 274 g/mol. The molecule has 0 aromatic heterocycles. The van der Waals surface area contributed by atoms with Gasteiger partial charge in [-0.3, -0.25) is 4.79 Å². The third-order valence-electron chi connectivity index (χ3n) is 2.86. The first-order valence-corrected chi connectivity index (χ1v) is 6.53. The molecule has 0 radical (unpaired) electrons. The molecule has 0 spiro atoms. The fraction of sp³-hybridized carbons (Fsp3) is 0.188. The zero-order chi connectivity index (χ0) is 13.8. The van der Waals surface area contributed by atoms with Crippen molar-refractivity contribution >= 4 is 17.4 Å². The Hall–Kier alpha value is -1.80. The molecular weight excluding hydrogens is 260 g/mol. The van der Waals surface area contributed by atoms with E-state index in [1.165, 1.54) is 0 Å². The molecule has 2 aromatic rings. The van der Waals surface area contributed by atoms with Crippen LogP contribution in [-0.2, 0) is 0 Å². The van der Waals surface area contributed by atoms with Gasteiger partial charge in [-0.1, -0.05) is 41.9 Å². The summed E-state index contributed by atoms with van der Waals surface area (Å²) in [7, 11) is 0. The van der Waals surface area contributed by atoms with Gasteiger partial charge in [0, 0.05) is 5.56 Å². The van der Waals surface area contributed by atoms with Crippen molar-refractivity contribution in [1.82, 2.24) is 0 Å². The van der Waals surface area contributed by atoms with E-state index in [9.17, 15) is 4.79 Å². The smallest absolute Gasteiger partial charge is 0.159 e. The van der Waals surface area contributed by atoms with Gasteiger partial charge in [-0.2, -0.15) is 0 Å². The van der Waals surface area contributed by atoms with E-state index in [1.807, 2.05) is 49.4 Å². The molecule has 0 fully saturated rings. The predicted octanol–water partition coefficient (Wildman–Crippen LogP) is 4.61. The number of carbonyl (C=O) groups excluding carboxylic acids is 1. The zero-order valence-corrected chi connectivity index (χ0v) is 11.7. The maximum atomic E-state index is 11.2. The molecule has 0 aliphatic rings. The van der Waals surface area contributed by atoms with Gasteiger partial charge in [0.1, 0.15) is 5.75 Å². The molecule has 2 aromatic carbocycles. The Balaban J connectivity index is 2.31. The molecule has 0 saturated heterocycles. The SMILES string of the molecule is CCOc1ccc(-c2ccc(C(C)=O)cc2)cc1Cl. The van der Waals surface area contributed by atoms with Crippen molar-refractivity contribution in [2.75, 3.05) is 6.61 Å². The largest absolute Gasteiger partial charge is 0.492 e. The summed E-state index contributed by atoms with van der Waals surface area (Å²) < 4.78 is 5.40. The van der Waals surface area contributed by atoms with Crippen molar-refractivity contribution in [2.24, 2.45) is 0 Å². The number of ketones is 1. The minimum Gasteiger partial charge on any atom is -0.492 e. The second-order valence-corrected chi connectivity index (χ2v) is 4.62. The lowest BCUT2D eigenvalue weighted by molar-refractivity contribution is 0.101. The van der Waals surface area contributed by atoms with E-state index in [1.54, 1.807) is 6.92 Å². The van der Waals surface area contributed by atoms with Crippen LogP contribution in [0.5, 0.6) is 5.75 Å². The van der Waals surface area contributed by atoms with E-state index < -0.39 is 0 Å². The normalized spacial score (nSPS) is 10.3. The molecule has 0 N–H and O–H groups in total. The van der Waals surface area contributed by atoms with Crippen molar-refractivity contribution in [3.63, 3.8) is 0 Å². The van der Waals surface area contributed by atoms with Crippen molar-refractivity contribution in [3.05, 3.63) is 53.1 Å². The average Bonchev–Trinajstić information content (AvgIpc) is 2.41. The van der Waals surface area contributed by atoms with Crippen LogP contribution < -0.4 is 4.74 Å². The summed E-state index contributed by atoms with van der Waals surface area (Å²) in [5.74, 6) is 0.754. The number of ether oxygens (including phenoxy) is 1. The maximum absolute atomic E-state index is 11.2. The first-order chi connectivity index (χ1) is 9.11. The van der Waals surface area contributed by atoms with E-state index in [2.05, 4.69) is 0 Å². The van der Waals surface area contributed by atoms with Gasteiger partial charge < -0.3 is 4.74 Å². The second-order valence-electron chi connectivity index (χ2n) is 4.21. The summed E-state index contributed by atoms with van der Waals surface area (Å²) in [5.41, 5.74) is 2.74. The molecule has 19 heavy (non-hydrogen) atoms. The van der Waals surface area contributed by atoms with Gasteiger partial charge in [0.2, 0.25) is 0 Å². The van der Waals surface area contributed by atoms with Crippen LogP contribution in [0.25, 0.3) is 11.1 Å². The van der Waals surface area contributed by atoms with Gasteiger partial charge >= 0.3 is 0 Å². The first kappa shape index (κ1) is 13.6. The van der Waals surface area contributed by atoms with Crippen LogP contribution in [0.15, 0.2) is 42.5 Å². The van der Waals surface area contributed by atoms with Crippen molar-refractivity contribution in [2.45, 2.75) is 13.8 Å². The Morgan fingerprint density at radius 1 is 1.11 bits per heavy atom. The lowest BCUT2D eigenvalue weighted by atomic mass is 10.0. The number of benzene rings is 2. The standard InChI is InChI=1S/C16H15ClO2/c1-3-19-16-9-8-14(10-15(16)17)13-6-4-12(5-7-13)11(2)18/h4-10H,3H2,1-2H3. The van der Waals surface area contributed by atoms with Gasteiger partial charge in [-0.15, -0.1) is 0 Å². The number of rotatable bonds is 4. The molecule has 0 aliphatic heterocycles. The Labute approximate surface area is 118 Å². The first-order valence-electron chi connectivity index (χ1n) is 6.15. The maximum Gasteiger partial charge on any atom is 0.159 e. The molecule has 0 amide bonds. The molecule has 0 bridgehead atoms. The highest BCUT2D eigenvalue weighted by Crippen LogP contribution is 2.30. The fourth-order valence-corrected chi connectivity index (χ4v) is 2.09. The van der Waals surface area contributed by atoms with Crippen molar-refractivity contribution < 1.29 is 9.53 Å². The summed E-state index contributed by atoms with van der Waals surface area (Å²) in [6, 6.07) is 13.2. The number of hydrogen-bond donors (Lipinski definition) is 0. The minimum absolute atomic E-state index is 0.0660. The van der Waals surface area contributed by atoms with E-state index in [4.69, 9.17) is 16.3 Å². The number of hydrogen-bond acceptors (Lipinski definition) is 2. The quantitative estimate of drug-likeness (QED) is 0.761. The van der Waals surface area contributed by atoms with Crippen LogP contribution in [0.1, 0.15) is 24.2 Å². The molecule has 2 rings (SSSR count). The highest BCUT2D eigenvalue weighted by Gasteiger charge is 2.05. The summed E-state index contributed by atoms with van der Waals surface area (Å²) in [6.45, 7) is 4.07. The summed E-state index contributed by atoms with van der Waals surface area (Å²) in [5, 5.41) is 0.593. The van der Waals surface area contributed by atoms with Gasteiger partial charge in [-0.25, -0.2) is 0 Å². The van der Waals surface area contributed by atoms with Gasteiger partial charge in [0.15, 0.2) is 5.78 Å². The Morgan fingerprint density at radius 3 is 2.26 bits per heavy atom. The van der Waals surface area contributed by atoms with Crippen LogP contribution in [0, 0.1) is 0 Å². The predicted molar refractivity (Wildman–Crippen MR) is 78.1 cm³/mol. The molecule has 98 valence electrons. The molecule has 2 nitrogen and oxygen atoms in total. The molecule has 0 saturated carbocycles. The van der Waals surface area contributed by atoms with Gasteiger partial charge in [0.05, 0.1) is 11.6 Å². The molecule has 0 unspecified atom stereocenters. The second kappa shape index (κ2) is 5.89. The average molecular weight is 275 g/mol. The molecule has 0 atom stereocenters. The fourth-order valence-electron chi connectivity index (χ4n) is 1.85. The highest BCUT2D eigenvalue weighted by atomic mass is 35.5. The van der Waals surface area contributed by atoms with Crippen LogP contribution in [-0.4, -0.2) is 12.4 Å². The third-order valence-corrected chi connectivity index (χ3v) is 3.15. The van der Waals surface area contributed by atoms with Crippen molar-refractivity contribution in [3.8, 4) is 16.9 Å². The number of Topliss-reactive ketones (excluding diaryl/α,β-unsaturated/α-hetero) is 1. The number of carbonyl (C=O) groups is 1. The van der Waals surface area contributed by atoms with Crippen LogP contribution in [0.2, 0.25) is 5.02 Å². The lowest BCUT2D eigenvalue weighted by Crippen LogP contribution is -1.93. The summed E-state index contributed by atoms with van der Waals surface area (Å²) in [4.78, 5) is 11.2. The lowest BCUT2D eigenvalue weighted by Gasteiger charge is -2.08. The van der Waals surface area contributed by atoms with Crippen molar-refractivity contribution in [1.29, 1.82) is 0 Å². The molecule has 0 heterocycles. The third kappa shape index (κ3) is 3.15. The van der Waals surface area contributed by atoms with Crippen LogP contribution >= 0.6 is 11.6 Å². The van der Waals surface area contributed by atoms with Crippen LogP contribution in [0.4, 0.5) is 0 Å². The van der Waals surface area contributed by atoms with E-state index in [-0.39, 0.29) is 5.78 Å². The van der Waals surface area contributed by atoms with E-state index >= 15 is 0 Å². The molecule has 3 heteroatoms.